The van der Waals surface area contributed by atoms with Gasteiger partial charge in [-0.15, -0.1) is 34.2 Å². The quantitative estimate of drug-likeness (QED) is 0.190. The molecule has 10 heteroatoms. The van der Waals surface area contributed by atoms with Gasteiger partial charge in [-0.1, -0.05) is 25.1 Å². The summed E-state index contributed by atoms with van der Waals surface area (Å²) < 4.78 is 21.3. The van der Waals surface area contributed by atoms with E-state index in [2.05, 4.69) is 32.7 Å². The van der Waals surface area contributed by atoms with Gasteiger partial charge in [-0.25, -0.2) is 4.39 Å². The highest BCUT2D eigenvalue weighted by molar-refractivity contribution is 14.0. The molecule has 0 atom stereocenters. The van der Waals surface area contributed by atoms with Gasteiger partial charge in [-0.05, 0) is 24.5 Å². The van der Waals surface area contributed by atoms with Crippen molar-refractivity contribution < 1.29 is 9.13 Å². The van der Waals surface area contributed by atoms with Crippen LogP contribution in [0.2, 0.25) is 0 Å². The zero-order valence-corrected chi connectivity index (χ0v) is 21.1. The molecule has 3 rings (SSSR count). The molecule has 1 aromatic heterocycles. The molecule has 0 saturated carbocycles. The fourth-order valence-electron chi connectivity index (χ4n) is 3.54. The van der Waals surface area contributed by atoms with Crippen LogP contribution in [-0.2, 0) is 24.1 Å². The molecule has 8 nitrogen and oxygen atoms in total. The fraction of sp³-hybridized carbons (Fsp3) is 0.591. The maximum Gasteiger partial charge on any atom is 0.191 e. The summed E-state index contributed by atoms with van der Waals surface area (Å²) in [5.74, 6) is 1.56. The molecule has 1 fully saturated rings. The third kappa shape index (κ3) is 8.99. The van der Waals surface area contributed by atoms with E-state index < -0.39 is 0 Å². The number of aryl methyl sites for hydroxylation is 1. The molecule has 2 N–H and O–H groups in total. The van der Waals surface area contributed by atoms with E-state index in [-0.39, 0.29) is 29.8 Å². The Hall–Kier alpha value is -1.79. The lowest BCUT2D eigenvalue weighted by Crippen LogP contribution is -2.40. The van der Waals surface area contributed by atoms with E-state index in [9.17, 15) is 4.39 Å². The summed E-state index contributed by atoms with van der Waals surface area (Å²) in [4.78, 5) is 7.14. The van der Waals surface area contributed by atoms with Crippen LogP contribution >= 0.6 is 24.0 Å². The second kappa shape index (κ2) is 15.1. The van der Waals surface area contributed by atoms with Crippen LogP contribution in [0.25, 0.3) is 0 Å². The van der Waals surface area contributed by atoms with Crippen LogP contribution in [0.5, 0.6) is 0 Å². The molecule has 0 unspecified atom stereocenters. The number of aromatic nitrogens is 3. The van der Waals surface area contributed by atoms with Crippen molar-refractivity contribution in [2.75, 3.05) is 52.5 Å². The molecule has 0 amide bonds. The smallest absolute Gasteiger partial charge is 0.191 e. The second-order valence-electron chi connectivity index (χ2n) is 7.53. The largest absolute Gasteiger partial charge is 0.379 e. The number of nitrogens with one attached hydrogen (secondary N) is 2. The second-order valence-corrected chi connectivity index (χ2v) is 7.53. The van der Waals surface area contributed by atoms with E-state index in [1.165, 1.54) is 6.07 Å². The first-order chi connectivity index (χ1) is 15.3. The molecule has 1 aliphatic heterocycles. The van der Waals surface area contributed by atoms with Gasteiger partial charge in [0.1, 0.15) is 18.0 Å². The first kappa shape index (κ1) is 26.5. The number of aliphatic imine (C=N–C) groups is 1. The summed E-state index contributed by atoms with van der Waals surface area (Å²) in [7, 11) is 0. The molecule has 0 spiro atoms. The average Bonchev–Trinajstić information content (AvgIpc) is 3.26. The molecule has 0 radical (unpaired) electrons. The van der Waals surface area contributed by atoms with Crippen molar-refractivity contribution in [3.8, 4) is 0 Å². The van der Waals surface area contributed by atoms with Crippen LogP contribution in [-0.4, -0.2) is 78.1 Å². The number of morpholine rings is 1. The van der Waals surface area contributed by atoms with Crippen LogP contribution in [0.1, 0.15) is 24.7 Å². The molecule has 178 valence electrons. The van der Waals surface area contributed by atoms with E-state index in [0.29, 0.717) is 25.1 Å². The van der Waals surface area contributed by atoms with Crippen molar-refractivity contribution in [1.29, 1.82) is 0 Å². The van der Waals surface area contributed by atoms with Crippen molar-refractivity contribution in [1.82, 2.24) is 30.3 Å². The van der Waals surface area contributed by atoms with Crippen LogP contribution in [0.3, 0.4) is 0 Å². The van der Waals surface area contributed by atoms with E-state index in [4.69, 9.17) is 9.73 Å². The lowest BCUT2D eigenvalue weighted by Gasteiger charge is -2.26. The number of rotatable bonds is 11. The predicted molar refractivity (Wildman–Crippen MR) is 135 cm³/mol. The average molecular weight is 559 g/mol. The Bertz CT molecular complexity index is 811. The minimum Gasteiger partial charge on any atom is -0.379 e. The third-order valence-electron chi connectivity index (χ3n) is 5.31. The Labute approximate surface area is 207 Å². The van der Waals surface area contributed by atoms with Gasteiger partial charge in [0.05, 0.1) is 13.2 Å². The topological polar surface area (TPSA) is 79.6 Å². The maximum atomic E-state index is 13.9. The predicted octanol–water partition coefficient (Wildman–Crippen LogP) is 2.10. The number of hydrogen-bond donors (Lipinski definition) is 2. The lowest BCUT2D eigenvalue weighted by molar-refractivity contribution is 0.0377. The Morgan fingerprint density at radius 1 is 1.16 bits per heavy atom. The normalized spacial score (nSPS) is 14.8. The van der Waals surface area contributed by atoms with Gasteiger partial charge in [-0.3, -0.25) is 9.89 Å². The monoisotopic (exact) mass is 559 g/mol. The summed E-state index contributed by atoms with van der Waals surface area (Å²) in [6, 6.07) is 6.90. The summed E-state index contributed by atoms with van der Waals surface area (Å²) in [6.07, 6.45) is 4.20. The van der Waals surface area contributed by atoms with E-state index >= 15 is 0 Å². The van der Waals surface area contributed by atoms with Gasteiger partial charge in [0.15, 0.2) is 5.96 Å². The molecule has 0 aliphatic carbocycles. The molecule has 1 aromatic carbocycles. The number of benzene rings is 1. The summed E-state index contributed by atoms with van der Waals surface area (Å²) in [5, 5.41) is 14.8. The van der Waals surface area contributed by atoms with Crippen LogP contribution in [0.4, 0.5) is 4.39 Å². The Morgan fingerprint density at radius 2 is 1.94 bits per heavy atom. The summed E-state index contributed by atoms with van der Waals surface area (Å²) >= 11 is 0. The van der Waals surface area contributed by atoms with Gasteiger partial charge in [-0.2, -0.15) is 0 Å². The highest BCUT2D eigenvalue weighted by Crippen LogP contribution is 2.06. The lowest BCUT2D eigenvalue weighted by atomic mass is 10.1. The number of ether oxygens (including phenoxy) is 1. The first-order valence-electron chi connectivity index (χ1n) is 11.2. The maximum absolute atomic E-state index is 13.9. The SMILES string of the molecule is CCc1nncn1CCNC(=NCCCN1CCOCC1)NCCc1ccccc1F.I. The molecular weight excluding hydrogens is 524 g/mol. The molecule has 2 aromatic rings. The zero-order chi connectivity index (χ0) is 21.7. The van der Waals surface area contributed by atoms with Crippen molar-refractivity contribution in [2.45, 2.75) is 32.7 Å². The van der Waals surface area contributed by atoms with Gasteiger partial charge in [0.2, 0.25) is 0 Å². The standard InChI is InChI=1S/C22H34FN7O.HI/c1-2-21-28-27-18-30(21)13-11-26-22(24-9-5-12-29-14-16-31-17-15-29)25-10-8-19-6-3-4-7-20(19)23;/h3-4,6-7,18H,2,5,8-17H2,1H3,(H2,24,25,26);1H. The molecule has 32 heavy (non-hydrogen) atoms. The fourth-order valence-corrected chi connectivity index (χ4v) is 3.54. The highest BCUT2D eigenvalue weighted by Gasteiger charge is 2.09. The Balaban J connectivity index is 0.00000363. The van der Waals surface area contributed by atoms with Crippen LogP contribution in [0.15, 0.2) is 35.6 Å². The van der Waals surface area contributed by atoms with Crippen molar-refractivity contribution in [2.24, 2.45) is 4.99 Å². The minimum atomic E-state index is -0.166. The number of hydrogen-bond acceptors (Lipinski definition) is 5. The first-order valence-corrected chi connectivity index (χ1v) is 11.2. The van der Waals surface area contributed by atoms with Crippen molar-refractivity contribution in [3.63, 3.8) is 0 Å². The summed E-state index contributed by atoms with van der Waals surface area (Å²) in [5.41, 5.74) is 0.707. The molecule has 0 bridgehead atoms. The van der Waals surface area contributed by atoms with E-state index in [1.807, 2.05) is 16.7 Å². The highest BCUT2D eigenvalue weighted by atomic mass is 127. The summed E-state index contributed by atoms with van der Waals surface area (Å²) in [6.45, 7) is 9.53. The van der Waals surface area contributed by atoms with Gasteiger partial charge < -0.3 is 19.9 Å². The molecular formula is C22H35FIN7O. The molecule has 1 saturated heterocycles. The van der Waals surface area contributed by atoms with Gasteiger partial charge >= 0.3 is 0 Å². The van der Waals surface area contributed by atoms with Gasteiger partial charge in [0, 0.05) is 52.2 Å². The Morgan fingerprint density at radius 3 is 2.72 bits per heavy atom. The molecule has 2 heterocycles. The minimum absolute atomic E-state index is 0. The van der Waals surface area contributed by atoms with Crippen LogP contribution < -0.4 is 10.6 Å². The van der Waals surface area contributed by atoms with Crippen LogP contribution in [0, 0.1) is 5.82 Å². The Kier molecular flexibility index (Phi) is 12.5. The number of halogens is 2. The van der Waals surface area contributed by atoms with Crippen molar-refractivity contribution in [3.05, 3.63) is 47.8 Å². The van der Waals surface area contributed by atoms with E-state index in [0.717, 1.165) is 70.6 Å². The number of guanidine groups is 1. The molecule has 1 aliphatic rings. The van der Waals surface area contributed by atoms with Gasteiger partial charge in [0.25, 0.3) is 0 Å². The third-order valence-corrected chi connectivity index (χ3v) is 5.31. The van der Waals surface area contributed by atoms with Crippen molar-refractivity contribution >= 4 is 29.9 Å². The number of nitrogens with zero attached hydrogens (tertiary/aromatic N) is 5. The van der Waals surface area contributed by atoms with E-state index in [1.54, 1.807) is 12.4 Å². The zero-order valence-electron chi connectivity index (χ0n) is 18.8.